The van der Waals surface area contributed by atoms with Gasteiger partial charge in [0.05, 0.1) is 24.4 Å². The van der Waals surface area contributed by atoms with Crippen LogP contribution >= 0.6 is 0 Å². The van der Waals surface area contributed by atoms with Crippen molar-refractivity contribution in [2.75, 3.05) is 27.3 Å². The highest BCUT2D eigenvalue weighted by atomic mass is 16.5. The summed E-state index contributed by atoms with van der Waals surface area (Å²) in [7, 11) is 5.29. The largest absolute Gasteiger partial charge is 0.494 e. The van der Waals surface area contributed by atoms with Crippen LogP contribution in [-0.4, -0.2) is 69.4 Å². The maximum absolute atomic E-state index is 13.4. The first-order valence-electron chi connectivity index (χ1n) is 12.5. The van der Waals surface area contributed by atoms with Crippen LogP contribution in [0.15, 0.2) is 36.5 Å². The fourth-order valence-corrected chi connectivity index (χ4v) is 5.45. The van der Waals surface area contributed by atoms with Gasteiger partial charge in [0, 0.05) is 57.0 Å². The van der Waals surface area contributed by atoms with E-state index >= 15 is 0 Å². The number of hydrogen-bond donors (Lipinski definition) is 1. The monoisotopic (exact) mass is 488 g/mol. The average Bonchev–Trinajstić information content (AvgIpc) is 3.56. The number of carbonyl (C=O) groups excluding carboxylic acids is 1. The van der Waals surface area contributed by atoms with Crippen LogP contribution in [-0.2, 0) is 18.3 Å². The van der Waals surface area contributed by atoms with Crippen LogP contribution in [0, 0.1) is 5.92 Å². The molecule has 9 heteroatoms. The number of nitrogens with two attached hydrogens (primary N) is 1. The zero-order valence-corrected chi connectivity index (χ0v) is 21.0. The van der Waals surface area contributed by atoms with Crippen molar-refractivity contribution in [3.63, 3.8) is 0 Å². The lowest BCUT2D eigenvalue weighted by atomic mass is 10.0. The van der Waals surface area contributed by atoms with Gasteiger partial charge in [-0.1, -0.05) is 0 Å². The highest BCUT2D eigenvalue weighted by Crippen LogP contribution is 2.37. The summed E-state index contributed by atoms with van der Waals surface area (Å²) in [6.45, 7) is 1.99. The minimum atomic E-state index is -0.207. The van der Waals surface area contributed by atoms with Gasteiger partial charge in [-0.15, -0.1) is 0 Å². The Balaban J connectivity index is 1.42. The molecule has 2 atom stereocenters. The number of rotatable bonds is 6. The number of carbonyl (C=O) groups is 1. The number of methoxy groups -OCH3 is 2. The molecule has 1 aliphatic heterocycles. The normalized spacial score (nSPS) is 20.4. The van der Waals surface area contributed by atoms with Crippen LogP contribution in [0.4, 0.5) is 0 Å². The standard InChI is InChI=1S/C27H32N6O3/c1-31-24-20(11-18(13-23(24)36-3)27(34)32-10-8-22(35-2)19(28)15-32)30-26(31)21-12-17-5-4-9-29-25(17)33(21)14-16-6-7-16/h4-5,9,11-13,16,19,22H,6-8,10,14-15,28H2,1-3H3. The highest BCUT2D eigenvalue weighted by Gasteiger charge is 2.31. The van der Waals surface area contributed by atoms with Gasteiger partial charge in [-0.05, 0) is 55.5 Å². The SMILES string of the molecule is COc1cc(C(=O)N2CCC(OC)C(N)C2)cc2nc(-c3cc4cccnc4n3CC3CC3)n(C)c12. The first-order valence-corrected chi connectivity index (χ1v) is 12.5. The lowest BCUT2D eigenvalue weighted by Gasteiger charge is -2.36. The van der Waals surface area contributed by atoms with E-state index in [-0.39, 0.29) is 18.1 Å². The molecule has 1 saturated heterocycles. The van der Waals surface area contributed by atoms with Crippen molar-refractivity contribution in [1.82, 2.24) is 24.0 Å². The summed E-state index contributed by atoms with van der Waals surface area (Å²) in [6.07, 6.45) is 5.03. The molecule has 0 spiro atoms. The van der Waals surface area contributed by atoms with Gasteiger partial charge >= 0.3 is 0 Å². The number of pyridine rings is 1. The Hall–Kier alpha value is -3.43. The van der Waals surface area contributed by atoms with E-state index in [0.717, 1.165) is 46.6 Å². The number of amides is 1. The van der Waals surface area contributed by atoms with Crippen LogP contribution in [0.1, 0.15) is 29.6 Å². The van der Waals surface area contributed by atoms with E-state index in [1.807, 2.05) is 31.4 Å². The summed E-state index contributed by atoms with van der Waals surface area (Å²) in [5.41, 5.74) is 10.4. The number of fused-ring (bicyclic) bond motifs is 2. The molecule has 1 saturated carbocycles. The highest BCUT2D eigenvalue weighted by molar-refractivity contribution is 6.00. The van der Waals surface area contributed by atoms with Crippen LogP contribution < -0.4 is 10.5 Å². The molecule has 4 heterocycles. The predicted octanol–water partition coefficient (Wildman–Crippen LogP) is 3.20. The molecule has 1 aromatic carbocycles. The Morgan fingerprint density at radius 3 is 2.75 bits per heavy atom. The zero-order valence-electron chi connectivity index (χ0n) is 21.0. The Bertz CT molecular complexity index is 1450. The second kappa shape index (κ2) is 8.90. The number of aryl methyl sites for hydroxylation is 1. The topological polar surface area (TPSA) is 100 Å². The van der Waals surface area contributed by atoms with Gasteiger partial charge in [-0.25, -0.2) is 9.97 Å². The van der Waals surface area contributed by atoms with Crippen LogP contribution in [0.2, 0.25) is 0 Å². The first-order chi connectivity index (χ1) is 17.5. The first kappa shape index (κ1) is 23.0. The van der Waals surface area contributed by atoms with Crippen molar-refractivity contribution in [3.05, 3.63) is 42.1 Å². The number of nitrogens with zero attached hydrogens (tertiary/aromatic N) is 5. The second-order valence-corrected chi connectivity index (χ2v) is 10.0. The lowest BCUT2D eigenvalue weighted by Crippen LogP contribution is -2.53. The Morgan fingerprint density at radius 1 is 1.19 bits per heavy atom. The maximum atomic E-state index is 13.4. The molecule has 188 valence electrons. The Morgan fingerprint density at radius 2 is 2.03 bits per heavy atom. The van der Waals surface area contributed by atoms with Crippen LogP contribution in [0.5, 0.6) is 5.75 Å². The van der Waals surface area contributed by atoms with Gasteiger partial charge in [0.15, 0.2) is 5.82 Å². The van der Waals surface area contributed by atoms with Gasteiger partial charge < -0.3 is 29.2 Å². The number of likely N-dealkylation sites (tertiary alicyclic amines) is 1. The molecule has 1 aliphatic carbocycles. The molecule has 9 nitrogen and oxygen atoms in total. The second-order valence-electron chi connectivity index (χ2n) is 10.0. The summed E-state index contributed by atoms with van der Waals surface area (Å²) in [4.78, 5) is 24.9. The molecule has 6 rings (SSSR count). The third-order valence-electron chi connectivity index (χ3n) is 7.61. The van der Waals surface area contributed by atoms with E-state index in [2.05, 4.69) is 26.3 Å². The van der Waals surface area contributed by atoms with E-state index in [1.54, 1.807) is 19.1 Å². The molecule has 3 aromatic heterocycles. The minimum Gasteiger partial charge on any atom is -0.494 e. The molecular formula is C27H32N6O3. The number of piperidine rings is 1. The molecule has 2 fully saturated rings. The predicted molar refractivity (Wildman–Crippen MR) is 138 cm³/mol. The van der Waals surface area contributed by atoms with Crippen molar-refractivity contribution in [2.24, 2.45) is 18.7 Å². The fourth-order valence-electron chi connectivity index (χ4n) is 5.45. The number of ether oxygens (including phenoxy) is 2. The number of aromatic nitrogens is 4. The molecule has 0 radical (unpaired) electrons. The molecule has 2 unspecified atom stereocenters. The molecule has 2 aliphatic rings. The minimum absolute atomic E-state index is 0.0266. The smallest absolute Gasteiger partial charge is 0.254 e. The summed E-state index contributed by atoms with van der Waals surface area (Å²) in [5.74, 6) is 2.06. The van der Waals surface area contributed by atoms with Gasteiger partial charge in [-0.3, -0.25) is 4.79 Å². The van der Waals surface area contributed by atoms with E-state index in [0.29, 0.717) is 30.3 Å². The number of benzene rings is 1. The van der Waals surface area contributed by atoms with Gasteiger partial charge in [-0.2, -0.15) is 0 Å². The van der Waals surface area contributed by atoms with Gasteiger partial charge in [0.25, 0.3) is 5.91 Å². The van der Waals surface area contributed by atoms with E-state index in [9.17, 15) is 4.79 Å². The third kappa shape index (κ3) is 3.83. The fraction of sp³-hybridized carbons (Fsp3) is 0.444. The third-order valence-corrected chi connectivity index (χ3v) is 7.61. The van der Waals surface area contributed by atoms with Gasteiger partial charge in [0.1, 0.15) is 16.9 Å². The summed E-state index contributed by atoms with van der Waals surface area (Å²) >= 11 is 0. The van der Waals surface area contributed by atoms with Crippen LogP contribution in [0.25, 0.3) is 33.6 Å². The molecule has 0 bridgehead atoms. The molecule has 1 amide bonds. The van der Waals surface area contributed by atoms with Gasteiger partial charge in [0.2, 0.25) is 0 Å². The van der Waals surface area contributed by atoms with Crippen LogP contribution in [0.3, 0.4) is 0 Å². The average molecular weight is 489 g/mol. The van der Waals surface area contributed by atoms with E-state index in [1.165, 1.54) is 12.8 Å². The summed E-state index contributed by atoms with van der Waals surface area (Å²) < 4.78 is 15.5. The van der Waals surface area contributed by atoms with Crippen molar-refractivity contribution < 1.29 is 14.3 Å². The van der Waals surface area contributed by atoms with Crippen molar-refractivity contribution >= 4 is 28.0 Å². The molecular weight excluding hydrogens is 456 g/mol. The number of hydrogen-bond acceptors (Lipinski definition) is 6. The Kier molecular flexibility index (Phi) is 5.69. The van der Waals surface area contributed by atoms with Crippen molar-refractivity contribution in [1.29, 1.82) is 0 Å². The van der Waals surface area contributed by atoms with E-state index < -0.39 is 0 Å². The maximum Gasteiger partial charge on any atom is 0.254 e. The molecule has 4 aromatic rings. The summed E-state index contributed by atoms with van der Waals surface area (Å²) in [6, 6.07) is 9.68. The van der Waals surface area contributed by atoms with Crippen molar-refractivity contribution in [2.45, 2.75) is 38.0 Å². The Labute approximate surface area is 209 Å². The quantitative estimate of drug-likeness (QED) is 0.447. The van der Waals surface area contributed by atoms with Crippen molar-refractivity contribution in [3.8, 4) is 17.3 Å². The van der Waals surface area contributed by atoms with E-state index in [4.69, 9.17) is 20.2 Å². The summed E-state index contributed by atoms with van der Waals surface area (Å²) in [5, 5.41) is 1.10. The lowest BCUT2D eigenvalue weighted by molar-refractivity contribution is 0.0227. The number of imidazole rings is 1. The zero-order chi connectivity index (χ0) is 25.0. The molecule has 36 heavy (non-hydrogen) atoms. The molecule has 2 N–H and O–H groups in total.